The lowest BCUT2D eigenvalue weighted by atomic mass is 10.1. The summed E-state index contributed by atoms with van der Waals surface area (Å²) in [6, 6.07) is 15.5. The van der Waals surface area contributed by atoms with E-state index in [-0.39, 0.29) is 22.6 Å². The molecule has 0 heterocycles. The molecule has 0 saturated carbocycles. The van der Waals surface area contributed by atoms with E-state index in [1.54, 1.807) is 51.1 Å². The lowest BCUT2D eigenvalue weighted by Gasteiger charge is -2.19. The van der Waals surface area contributed by atoms with E-state index in [4.69, 9.17) is 16.3 Å². The highest BCUT2D eigenvalue weighted by Gasteiger charge is 2.20. The molecule has 3 rings (SSSR count). The highest BCUT2D eigenvalue weighted by Crippen LogP contribution is 2.24. The van der Waals surface area contributed by atoms with Crippen LogP contribution in [-0.4, -0.2) is 17.5 Å². The number of carbonyl (C=O) groups is 2. The van der Waals surface area contributed by atoms with Gasteiger partial charge >= 0.3 is 5.97 Å². The molecule has 3 aromatic rings. The van der Waals surface area contributed by atoms with Gasteiger partial charge in [-0.25, -0.2) is 8.78 Å². The second-order valence-electron chi connectivity index (χ2n) is 8.46. The summed E-state index contributed by atoms with van der Waals surface area (Å²) in [5.74, 6) is 2.25. The van der Waals surface area contributed by atoms with Crippen molar-refractivity contribution in [3.05, 3.63) is 99.6 Å². The molecule has 0 fully saturated rings. The third-order valence-corrected chi connectivity index (χ3v) is 4.78. The van der Waals surface area contributed by atoms with Crippen LogP contribution in [0.25, 0.3) is 0 Å². The van der Waals surface area contributed by atoms with Crippen LogP contribution in [0.1, 0.15) is 47.8 Å². The predicted octanol–water partition coefficient (Wildman–Crippen LogP) is 6.15. The first-order chi connectivity index (χ1) is 16.0. The molecule has 0 spiro atoms. The summed E-state index contributed by atoms with van der Waals surface area (Å²) in [5.41, 5.74) is -0.0263. The molecule has 0 aromatic heterocycles. The molecule has 0 radical (unpaired) electrons. The summed E-state index contributed by atoms with van der Waals surface area (Å²) in [7, 11) is 0. The smallest absolute Gasteiger partial charge is 0.310 e. The van der Waals surface area contributed by atoms with E-state index in [1.807, 2.05) is 6.07 Å². The Bertz CT molecular complexity index is 1270. The highest BCUT2D eigenvalue weighted by atomic mass is 35.5. The molecule has 0 aliphatic heterocycles. The van der Waals surface area contributed by atoms with Crippen LogP contribution in [0.15, 0.2) is 60.7 Å². The standard InChI is InChI=1S/C27H22ClF2NO3/c1-27(2,3)34-24(32)16-18-11-12-21(28)20(13-18)26(33)31-25-22(29)14-19(15-23(25)30)10-9-17-7-5-4-6-8-17/h4-8,11-15H,16H2,1-3H3,(H,31,33). The average Bonchev–Trinajstić information content (AvgIpc) is 2.75. The third kappa shape index (κ3) is 6.90. The van der Waals surface area contributed by atoms with Gasteiger partial charge in [-0.15, -0.1) is 0 Å². The van der Waals surface area contributed by atoms with Crippen molar-refractivity contribution in [2.24, 2.45) is 0 Å². The van der Waals surface area contributed by atoms with Gasteiger partial charge in [-0.1, -0.05) is 47.7 Å². The quantitative estimate of drug-likeness (QED) is 0.359. The zero-order valence-corrected chi connectivity index (χ0v) is 19.6. The Balaban J connectivity index is 1.79. The van der Waals surface area contributed by atoms with Crippen molar-refractivity contribution in [3.8, 4) is 11.8 Å². The van der Waals surface area contributed by atoms with Crippen molar-refractivity contribution in [1.82, 2.24) is 0 Å². The van der Waals surface area contributed by atoms with Crippen molar-refractivity contribution in [1.29, 1.82) is 0 Å². The minimum Gasteiger partial charge on any atom is -0.460 e. The highest BCUT2D eigenvalue weighted by molar-refractivity contribution is 6.34. The van der Waals surface area contributed by atoms with Crippen molar-refractivity contribution in [3.63, 3.8) is 0 Å². The van der Waals surface area contributed by atoms with Crippen molar-refractivity contribution in [2.45, 2.75) is 32.8 Å². The van der Waals surface area contributed by atoms with Gasteiger partial charge in [0.05, 0.1) is 17.0 Å². The Hall–Kier alpha value is -3.69. The maximum Gasteiger partial charge on any atom is 0.310 e. The molecule has 1 N–H and O–H groups in total. The molecule has 174 valence electrons. The summed E-state index contributed by atoms with van der Waals surface area (Å²) in [5, 5.41) is 2.28. The lowest BCUT2D eigenvalue weighted by Crippen LogP contribution is -2.25. The van der Waals surface area contributed by atoms with Crippen LogP contribution < -0.4 is 5.32 Å². The monoisotopic (exact) mass is 481 g/mol. The Morgan fingerprint density at radius 2 is 1.56 bits per heavy atom. The van der Waals surface area contributed by atoms with E-state index in [0.717, 1.165) is 12.1 Å². The molecule has 0 aliphatic carbocycles. The molecule has 7 heteroatoms. The molecular formula is C27H22ClF2NO3. The molecule has 3 aromatic carbocycles. The number of amides is 1. The number of halogens is 3. The molecule has 0 bridgehead atoms. The number of ether oxygens (including phenoxy) is 1. The molecular weight excluding hydrogens is 460 g/mol. The van der Waals surface area contributed by atoms with Crippen LogP contribution in [-0.2, 0) is 16.0 Å². The normalized spacial score (nSPS) is 10.8. The van der Waals surface area contributed by atoms with Gasteiger partial charge in [0.2, 0.25) is 0 Å². The van der Waals surface area contributed by atoms with Crippen molar-refractivity contribution < 1.29 is 23.1 Å². The van der Waals surface area contributed by atoms with Crippen molar-refractivity contribution in [2.75, 3.05) is 5.32 Å². The summed E-state index contributed by atoms with van der Waals surface area (Å²) in [4.78, 5) is 24.8. The first-order valence-electron chi connectivity index (χ1n) is 10.4. The fraction of sp³-hybridized carbons (Fsp3) is 0.185. The molecule has 0 unspecified atom stereocenters. The summed E-state index contributed by atoms with van der Waals surface area (Å²) in [6.45, 7) is 5.23. The van der Waals surface area contributed by atoms with E-state index in [2.05, 4.69) is 17.2 Å². The van der Waals surface area contributed by atoms with Gasteiger partial charge in [0, 0.05) is 11.1 Å². The second-order valence-corrected chi connectivity index (χ2v) is 8.87. The number of benzene rings is 3. The van der Waals surface area contributed by atoms with E-state index in [1.165, 1.54) is 12.1 Å². The molecule has 0 saturated heterocycles. The topological polar surface area (TPSA) is 55.4 Å². The first-order valence-corrected chi connectivity index (χ1v) is 10.8. The Morgan fingerprint density at radius 1 is 0.941 bits per heavy atom. The van der Waals surface area contributed by atoms with E-state index < -0.39 is 34.8 Å². The molecule has 1 amide bonds. The zero-order chi connectivity index (χ0) is 24.9. The maximum absolute atomic E-state index is 14.6. The maximum atomic E-state index is 14.6. The average molecular weight is 482 g/mol. The summed E-state index contributed by atoms with van der Waals surface area (Å²) >= 11 is 6.12. The van der Waals surface area contributed by atoms with E-state index >= 15 is 0 Å². The van der Waals surface area contributed by atoms with Gasteiger partial charge < -0.3 is 10.1 Å². The number of anilines is 1. The van der Waals surface area contributed by atoms with Crippen molar-refractivity contribution >= 4 is 29.2 Å². The molecule has 0 atom stereocenters. The number of carbonyl (C=O) groups excluding carboxylic acids is 2. The summed E-state index contributed by atoms with van der Waals surface area (Å²) < 4.78 is 34.5. The van der Waals surface area contributed by atoms with Gasteiger partial charge in [-0.2, -0.15) is 0 Å². The molecule has 34 heavy (non-hydrogen) atoms. The van der Waals surface area contributed by atoms with Crippen LogP contribution in [0.5, 0.6) is 0 Å². The fourth-order valence-corrected chi connectivity index (χ4v) is 3.22. The molecule has 4 nitrogen and oxygen atoms in total. The Labute approximate surface area is 201 Å². The second kappa shape index (κ2) is 10.5. The number of nitrogens with one attached hydrogen (secondary N) is 1. The lowest BCUT2D eigenvalue weighted by molar-refractivity contribution is -0.153. The Kier molecular flexibility index (Phi) is 7.70. The van der Waals surface area contributed by atoms with E-state index in [0.29, 0.717) is 11.1 Å². The van der Waals surface area contributed by atoms with Crippen LogP contribution >= 0.6 is 11.6 Å². The Morgan fingerprint density at radius 3 is 2.18 bits per heavy atom. The molecule has 0 aliphatic rings. The third-order valence-electron chi connectivity index (χ3n) is 4.45. The van der Waals surface area contributed by atoms with Crippen LogP contribution in [0.3, 0.4) is 0 Å². The van der Waals surface area contributed by atoms with Crippen LogP contribution in [0.4, 0.5) is 14.5 Å². The zero-order valence-electron chi connectivity index (χ0n) is 18.8. The number of hydrogen-bond donors (Lipinski definition) is 1. The first kappa shape index (κ1) is 24.9. The minimum atomic E-state index is -0.980. The number of hydrogen-bond acceptors (Lipinski definition) is 3. The largest absolute Gasteiger partial charge is 0.460 e. The SMILES string of the molecule is CC(C)(C)OC(=O)Cc1ccc(Cl)c(C(=O)Nc2c(F)cc(C#Cc3ccccc3)cc2F)c1. The van der Waals surface area contributed by atoms with E-state index in [9.17, 15) is 18.4 Å². The van der Waals surface area contributed by atoms with Gasteiger partial charge in [0.25, 0.3) is 5.91 Å². The van der Waals surface area contributed by atoms with Gasteiger partial charge in [0.15, 0.2) is 11.6 Å². The van der Waals surface area contributed by atoms with Crippen LogP contribution in [0.2, 0.25) is 5.02 Å². The number of rotatable bonds is 4. The van der Waals surface area contributed by atoms with Gasteiger partial charge in [-0.3, -0.25) is 9.59 Å². The fourth-order valence-electron chi connectivity index (χ4n) is 3.01. The van der Waals surface area contributed by atoms with Gasteiger partial charge in [-0.05, 0) is 62.7 Å². The minimum absolute atomic E-state index is 0.0329. The summed E-state index contributed by atoms with van der Waals surface area (Å²) in [6.07, 6.45) is -0.0910. The van der Waals surface area contributed by atoms with Gasteiger partial charge in [0.1, 0.15) is 11.3 Å². The predicted molar refractivity (Wildman–Crippen MR) is 128 cm³/mol. The number of esters is 1. The van der Waals surface area contributed by atoms with Crippen LogP contribution in [0, 0.1) is 23.5 Å².